The number of carbonyl (C=O) groups is 6. The molecule has 0 spiro atoms. The van der Waals surface area contributed by atoms with Crippen LogP contribution < -0.4 is 0 Å². The Labute approximate surface area is 274 Å². The summed E-state index contributed by atoms with van der Waals surface area (Å²) in [7, 11) is 0. The van der Waals surface area contributed by atoms with Crippen LogP contribution in [0.5, 0.6) is 0 Å². The zero-order valence-electron chi connectivity index (χ0n) is 28.3. The summed E-state index contributed by atoms with van der Waals surface area (Å²) in [5, 5.41) is 0. The van der Waals surface area contributed by atoms with Crippen LogP contribution >= 0.6 is 0 Å². The molecular weight excluding hydrogens is 631 g/mol. The Morgan fingerprint density at radius 2 is 0.475 bits per heavy atom. The third-order valence-corrected chi connectivity index (χ3v) is 5.74. The molecule has 0 aromatic carbocycles. The summed E-state index contributed by atoms with van der Waals surface area (Å²) in [6.07, 6.45) is -0.000000000000000666. The van der Waals surface area contributed by atoms with Gasteiger partial charge in [0.2, 0.25) is 0 Å². The minimum absolute atomic E-state index is 0. The molecule has 0 amide bonds. The predicted octanol–water partition coefficient (Wildman–Crippen LogP) is 7.26. The molecular formula is C33H57LaO6. The first-order chi connectivity index (χ1) is 16.6. The second kappa shape index (κ2) is 16.7. The second-order valence-electron chi connectivity index (χ2n) is 15.5. The summed E-state index contributed by atoms with van der Waals surface area (Å²) in [6, 6.07) is 0. The maximum Gasteiger partial charge on any atom is 3.00 e. The van der Waals surface area contributed by atoms with E-state index in [1.807, 2.05) is 62.3 Å². The van der Waals surface area contributed by atoms with Gasteiger partial charge in [0, 0.05) is 16.2 Å². The van der Waals surface area contributed by atoms with Crippen LogP contribution in [0.4, 0.5) is 0 Å². The molecule has 0 aliphatic carbocycles. The Morgan fingerprint density at radius 1 is 0.350 bits per heavy atom. The van der Waals surface area contributed by atoms with E-state index in [9.17, 15) is 28.8 Å². The van der Waals surface area contributed by atoms with Gasteiger partial charge >= 0.3 is 35.6 Å². The van der Waals surface area contributed by atoms with Gasteiger partial charge in [-0.05, 0) is 0 Å². The van der Waals surface area contributed by atoms with Gasteiger partial charge in [0.1, 0.15) is 34.7 Å². The van der Waals surface area contributed by atoms with Crippen molar-refractivity contribution in [3.8, 4) is 0 Å². The Kier molecular flexibility index (Phi) is 19.3. The maximum atomic E-state index is 11.5. The average molecular weight is 689 g/mol. The molecule has 0 N–H and O–H groups in total. The summed E-state index contributed by atoms with van der Waals surface area (Å²) < 4.78 is 0. The molecule has 40 heavy (non-hydrogen) atoms. The van der Waals surface area contributed by atoms with Gasteiger partial charge in [-0.2, -0.15) is 0 Å². The fourth-order valence-electron chi connectivity index (χ4n) is 1.95. The molecule has 0 bridgehead atoms. The van der Waals surface area contributed by atoms with E-state index >= 15 is 0 Å². The van der Waals surface area contributed by atoms with E-state index in [1.165, 1.54) is 0 Å². The van der Waals surface area contributed by atoms with Crippen molar-refractivity contribution in [3.63, 3.8) is 0 Å². The van der Waals surface area contributed by atoms with Crippen molar-refractivity contribution in [2.75, 3.05) is 0 Å². The summed E-state index contributed by atoms with van der Waals surface area (Å²) in [4.78, 5) is 68.7. The van der Waals surface area contributed by atoms with Gasteiger partial charge in [0.05, 0.1) is 19.3 Å². The molecule has 0 aromatic rings. The zero-order valence-corrected chi connectivity index (χ0v) is 31.9. The summed E-state index contributed by atoms with van der Waals surface area (Å²) in [5.74, 6) is -0.329. The monoisotopic (exact) mass is 688 g/mol. The van der Waals surface area contributed by atoms with Crippen LogP contribution in [0.25, 0.3) is 0 Å². The first-order valence-electron chi connectivity index (χ1n) is 13.4. The fraction of sp³-hybridized carbons (Fsp3) is 0.727. The van der Waals surface area contributed by atoms with Gasteiger partial charge in [-0.15, -0.1) is 16.2 Å². The number of carbonyl (C=O) groups excluding carboxylic acids is 6. The Morgan fingerprint density at radius 3 is 0.550 bits per heavy atom. The first kappa shape index (κ1) is 46.2. The van der Waals surface area contributed by atoms with E-state index in [0.717, 1.165) is 0 Å². The molecule has 0 aliphatic heterocycles. The Hall–Kier alpha value is -0.785. The van der Waals surface area contributed by atoms with Crippen LogP contribution in [0, 0.1) is 88.9 Å². The van der Waals surface area contributed by atoms with E-state index < -0.39 is 32.5 Å². The Bertz CT molecular complexity index is 693. The molecule has 6 nitrogen and oxygen atoms in total. The molecule has 0 radical (unpaired) electrons. The number of hydrogen-bond donors (Lipinski definition) is 0. The van der Waals surface area contributed by atoms with Gasteiger partial charge < -0.3 is 35.2 Å². The molecule has 0 saturated carbocycles. The van der Waals surface area contributed by atoms with Gasteiger partial charge in [0.15, 0.2) is 0 Å². The smallest absolute Gasteiger partial charge is 0.331 e. The first-order valence-corrected chi connectivity index (χ1v) is 13.4. The van der Waals surface area contributed by atoms with E-state index in [-0.39, 0.29) is 89.6 Å². The van der Waals surface area contributed by atoms with Gasteiger partial charge in [-0.3, -0.25) is 14.4 Å². The molecule has 0 aromatic heterocycles. The molecule has 0 saturated heterocycles. The van der Waals surface area contributed by atoms with E-state index in [0.29, 0.717) is 0 Å². The Balaban J connectivity index is -0.000000240. The van der Waals surface area contributed by atoms with E-state index in [4.69, 9.17) is 0 Å². The quantitative estimate of drug-likeness (QED) is 0.187. The molecule has 7 heteroatoms. The largest absolute Gasteiger partial charge is 3.00 e. The number of rotatable bonds is 9. The van der Waals surface area contributed by atoms with E-state index in [2.05, 4.69) is 20.8 Å². The van der Waals surface area contributed by atoms with Gasteiger partial charge in [-0.1, -0.05) is 104 Å². The number of hydrogen-bond acceptors (Lipinski definition) is 6. The molecule has 228 valence electrons. The number of Topliss-reactive ketones (excluding diaryl/α,β-unsaturated/α-hetero) is 6. The van der Waals surface area contributed by atoms with Crippen LogP contribution in [0.2, 0.25) is 0 Å². The van der Waals surface area contributed by atoms with Crippen LogP contribution in [0.1, 0.15) is 123 Å². The van der Waals surface area contributed by atoms with Crippen molar-refractivity contribution in [1.29, 1.82) is 0 Å². The molecule has 0 fully saturated rings. The number of ketones is 6. The second-order valence-corrected chi connectivity index (χ2v) is 15.5. The van der Waals surface area contributed by atoms with E-state index in [1.54, 1.807) is 41.5 Å². The zero-order chi connectivity index (χ0) is 32.6. The molecule has 0 rings (SSSR count). The van der Waals surface area contributed by atoms with Crippen molar-refractivity contribution in [1.82, 2.24) is 0 Å². The van der Waals surface area contributed by atoms with Crippen LogP contribution in [-0.2, 0) is 28.8 Å². The normalized spacial score (nSPS) is 12.4. The van der Waals surface area contributed by atoms with Crippen molar-refractivity contribution in [2.45, 2.75) is 123 Å². The minimum atomic E-state index is -0.652. The van der Waals surface area contributed by atoms with Crippen molar-refractivity contribution < 1.29 is 64.4 Å². The predicted molar refractivity (Wildman–Crippen MR) is 160 cm³/mol. The summed E-state index contributed by atoms with van der Waals surface area (Å²) >= 11 is 0. The van der Waals surface area contributed by atoms with Crippen molar-refractivity contribution >= 4 is 34.7 Å². The molecule has 0 heterocycles. The molecule has 0 aliphatic rings. The van der Waals surface area contributed by atoms with Gasteiger partial charge in [0.25, 0.3) is 0 Å². The minimum Gasteiger partial charge on any atom is -0.331 e. The average Bonchev–Trinajstić information content (AvgIpc) is 2.64. The molecule has 0 unspecified atom stereocenters. The SMILES string of the molecule is [CH2-]C(C)(C)C(=O)CC(=O)C(C)(C)C.[CH2-]C(C)(C)C(=O)CC(=O)C(C)(C)C.[CH2-]C(C)(C)C(=O)CC(=O)C(C)(C)C.[La+3]. The van der Waals surface area contributed by atoms with Crippen LogP contribution in [0.3, 0.4) is 0 Å². The topological polar surface area (TPSA) is 102 Å². The fourth-order valence-corrected chi connectivity index (χ4v) is 1.95. The summed E-state index contributed by atoms with van der Waals surface area (Å²) in [6.45, 7) is 37.8. The van der Waals surface area contributed by atoms with Crippen molar-refractivity contribution in [2.24, 2.45) is 32.5 Å². The third-order valence-electron chi connectivity index (χ3n) is 5.74. The van der Waals surface area contributed by atoms with Crippen molar-refractivity contribution in [3.05, 3.63) is 20.8 Å². The van der Waals surface area contributed by atoms with Crippen LogP contribution in [-0.4, -0.2) is 34.7 Å². The van der Waals surface area contributed by atoms with Gasteiger partial charge in [-0.25, -0.2) is 0 Å². The van der Waals surface area contributed by atoms with Crippen LogP contribution in [0.15, 0.2) is 0 Å². The maximum absolute atomic E-state index is 11.5. The summed E-state index contributed by atoms with van der Waals surface area (Å²) in [5.41, 5.74) is -3.24. The third kappa shape index (κ3) is 21.9. The molecule has 0 atom stereocenters. The standard InChI is InChI=1S/3C11H19O2.La/c3*1-10(2,3)8(12)7-9(13)11(4,5)6;/h3*1,7H2,2-6H3;/q3*-1;+3.